The fourth-order valence-electron chi connectivity index (χ4n) is 2.44. The quantitative estimate of drug-likeness (QED) is 0.639. The normalized spacial score (nSPS) is 18.2. The number of rotatable bonds is 4. The van der Waals surface area contributed by atoms with Crippen LogP contribution in [-0.2, 0) is 9.59 Å². The van der Waals surface area contributed by atoms with E-state index in [4.69, 9.17) is 0 Å². The molecule has 0 unspecified atom stereocenters. The lowest BCUT2D eigenvalue weighted by atomic mass is 10.2. The number of carboxylic acids is 1. The number of nitrogens with one attached hydrogen (secondary N) is 1. The third kappa shape index (κ3) is 4.90. The monoisotopic (exact) mass is 508 g/mol. The molecule has 3 rings (SSSR count). The number of carboxylic acid groups (broad SMARTS) is 1. The van der Waals surface area contributed by atoms with Crippen molar-refractivity contribution in [1.82, 2.24) is 4.90 Å². The molecule has 144 valence electrons. The van der Waals surface area contributed by atoms with Crippen LogP contribution in [0.1, 0.15) is 16.8 Å². The van der Waals surface area contributed by atoms with Gasteiger partial charge in [-0.1, -0.05) is 23.9 Å². The molecule has 0 aromatic heterocycles. The van der Waals surface area contributed by atoms with E-state index in [0.29, 0.717) is 16.5 Å². The Kier molecular flexibility index (Phi) is 6.35. The van der Waals surface area contributed by atoms with Gasteiger partial charge < -0.3 is 15.2 Å². The van der Waals surface area contributed by atoms with Crippen LogP contribution in [0.2, 0.25) is 0 Å². The first-order valence-electron chi connectivity index (χ1n) is 8.23. The number of thioether (sulfide) groups is 1. The third-order valence-electron chi connectivity index (χ3n) is 4.00. The van der Waals surface area contributed by atoms with Crippen molar-refractivity contribution in [1.29, 1.82) is 0 Å². The van der Waals surface area contributed by atoms with Gasteiger partial charge in [-0.05, 0) is 64.6 Å². The van der Waals surface area contributed by atoms with Crippen LogP contribution in [-0.4, -0.2) is 40.1 Å². The van der Waals surface area contributed by atoms with Crippen molar-refractivity contribution >= 4 is 68.7 Å². The first-order valence-corrected chi connectivity index (χ1v) is 10.2. The Morgan fingerprint density at radius 2 is 1.82 bits per heavy atom. The van der Waals surface area contributed by atoms with E-state index in [1.54, 1.807) is 7.05 Å². The number of carbonyl (C=O) groups excluding carboxylic acids is 3. The molecule has 1 aliphatic heterocycles. The summed E-state index contributed by atoms with van der Waals surface area (Å²) >= 11 is 3.41. The fraction of sp³-hybridized carbons (Fsp3) is 0.158. The van der Waals surface area contributed by atoms with E-state index in [0.717, 1.165) is 3.57 Å². The summed E-state index contributed by atoms with van der Waals surface area (Å²) in [5, 5.41) is 13.3. The highest BCUT2D eigenvalue weighted by molar-refractivity contribution is 14.1. The number of benzene rings is 2. The second kappa shape index (κ2) is 8.74. The lowest BCUT2D eigenvalue weighted by Crippen LogP contribution is -2.43. The zero-order valence-electron chi connectivity index (χ0n) is 14.7. The van der Waals surface area contributed by atoms with Crippen LogP contribution in [0.5, 0.6) is 0 Å². The molecule has 0 saturated carbocycles. The van der Waals surface area contributed by atoms with Crippen molar-refractivity contribution in [2.24, 2.45) is 4.99 Å². The highest BCUT2D eigenvalue weighted by Gasteiger charge is 2.34. The Morgan fingerprint density at radius 1 is 1.18 bits per heavy atom. The van der Waals surface area contributed by atoms with Gasteiger partial charge in [-0.3, -0.25) is 14.5 Å². The molecule has 1 heterocycles. The topological polar surface area (TPSA) is 102 Å². The first-order chi connectivity index (χ1) is 13.3. The van der Waals surface area contributed by atoms with Crippen molar-refractivity contribution in [2.45, 2.75) is 11.7 Å². The smallest absolute Gasteiger partial charge is 0.238 e. The lowest BCUT2D eigenvalue weighted by molar-refractivity contribution is -0.255. The molecule has 1 N–H and O–H groups in total. The molecule has 7 nitrogen and oxygen atoms in total. The second-order valence-corrected chi connectivity index (χ2v) is 8.40. The number of anilines is 1. The van der Waals surface area contributed by atoms with Crippen molar-refractivity contribution < 1.29 is 19.5 Å². The summed E-state index contributed by atoms with van der Waals surface area (Å²) in [4.78, 5) is 41.6. The van der Waals surface area contributed by atoms with Gasteiger partial charge in [-0.2, -0.15) is 0 Å². The molecule has 0 radical (unpaired) electrons. The maximum absolute atomic E-state index is 12.6. The van der Waals surface area contributed by atoms with Gasteiger partial charge in [0.05, 0.1) is 11.7 Å². The van der Waals surface area contributed by atoms with Gasteiger partial charge in [-0.25, -0.2) is 4.99 Å². The van der Waals surface area contributed by atoms with Crippen LogP contribution in [0.15, 0.2) is 53.5 Å². The van der Waals surface area contributed by atoms with Crippen LogP contribution in [0, 0.1) is 3.57 Å². The number of halogens is 1. The van der Waals surface area contributed by atoms with Gasteiger partial charge in [0.1, 0.15) is 5.25 Å². The van der Waals surface area contributed by atoms with Crippen LogP contribution in [0.25, 0.3) is 0 Å². The number of amidine groups is 1. The lowest BCUT2D eigenvalue weighted by Gasteiger charge is -2.28. The number of amides is 2. The van der Waals surface area contributed by atoms with E-state index >= 15 is 0 Å². The van der Waals surface area contributed by atoms with Crippen molar-refractivity contribution in [3.63, 3.8) is 0 Å². The minimum absolute atomic E-state index is 0.0220. The van der Waals surface area contributed by atoms with Crippen LogP contribution in [0.3, 0.4) is 0 Å². The Bertz CT molecular complexity index is 945. The zero-order chi connectivity index (χ0) is 20.3. The fourth-order valence-corrected chi connectivity index (χ4v) is 3.86. The van der Waals surface area contributed by atoms with Crippen molar-refractivity contribution in [3.05, 3.63) is 57.7 Å². The Balaban J connectivity index is 1.74. The number of hydrogen-bond acceptors (Lipinski definition) is 6. The molecule has 0 spiro atoms. The highest BCUT2D eigenvalue weighted by atomic mass is 127. The van der Waals surface area contributed by atoms with E-state index in [9.17, 15) is 19.5 Å². The average Bonchev–Trinajstić information content (AvgIpc) is 2.67. The van der Waals surface area contributed by atoms with Gasteiger partial charge in [0.25, 0.3) is 0 Å². The summed E-state index contributed by atoms with van der Waals surface area (Å²) in [6.07, 6.45) is 0.0514. The highest BCUT2D eigenvalue weighted by Crippen LogP contribution is 2.29. The van der Waals surface area contributed by atoms with E-state index in [1.165, 1.54) is 40.9 Å². The zero-order valence-corrected chi connectivity index (χ0v) is 17.7. The summed E-state index contributed by atoms with van der Waals surface area (Å²) in [5.41, 5.74) is 1.16. The van der Waals surface area contributed by atoms with E-state index in [-0.39, 0.29) is 23.8 Å². The standard InChI is InChI=1S/C19H16IN3O4S/c1-23-16(24)10-15(28-19(23)22-14-8-4-12(20)5-9-14)17(25)21-13-6-2-11(3-7-13)18(26)27/h2-9,15H,10H2,1H3,(H,21,25)(H,26,27)/p-1/t15-/m1/s1. The summed E-state index contributed by atoms with van der Waals surface area (Å²) in [7, 11) is 1.63. The molecule has 1 aliphatic rings. The summed E-state index contributed by atoms with van der Waals surface area (Å²) in [6.45, 7) is 0. The van der Waals surface area contributed by atoms with E-state index in [1.807, 2.05) is 24.3 Å². The summed E-state index contributed by atoms with van der Waals surface area (Å²) in [6, 6.07) is 13.2. The molecule has 0 bridgehead atoms. The molecule has 28 heavy (non-hydrogen) atoms. The molecular formula is C19H15IN3O4S-. The average molecular weight is 508 g/mol. The SMILES string of the molecule is CN1C(=O)C[C@H](C(=O)Nc2ccc(C(=O)[O-])cc2)SC1=Nc1ccc(I)cc1. The maximum Gasteiger partial charge on any atom is 0.238 e. The number of nitrogens with zero attached hydrogens (tertiary/aromatic N) is 2. The molecule has 1 atom stereocenters. The third-order valence-corrected chi connectivity index (χ3v) is 5.96. The number of carbonyl (C=O) groups is 3. The molecular weight excluding hydrogens is 493 g/mol. The first kappa shape index (κ1) is 20.3. The van der Waals surface area contributed by atoms with Crippen molar-refractivity contribution in [3.8, 4) is 0 Å². The minimum atomic E-state index is -1.29. The Morgan fingerprint density at radius 3 is 2.43 bits per heavy atom. The summed E-state index contributed by atoms with van der Waals surface area (Å²) in [5.74, 6) is -1.83. The molecule has 2 aromatic rings. The molecule has 2 amide bonds. The Labute approximate surface area is 179 Å². The molecule has 0 aliphatic carbocycles. The number of aromatic carboxylic acids is 1. The van der Waals surface area contributed by atoms with Crippen molar-refractivity contribution in [2.75, 3.05) is 12.4 Å². The van der Waals surface area contributed by atoms with E-state index in [2.05, 4.69) is 32.9 Å². The largest absolute Gasteiger partial charge is 0.545 e. The second-order valence-electron chi connectivity index (χ2n) is 5.99. The molecule has 2 aromatic carbocycles. The van der Waals surface area contributed by atoms with Gasteiger partial charge in [-0.15, -0.1) is 0 Å². The van der Waals surface area contributed by atoms with Gasteiger partial charge in [0.15, 0.2) is 5.17 Å². The van der Waals surface area contributed by atoms with Crippen LogP contribution in [0.4, 0.5) is 11.4 Å². The van der Waals surface area contributed by atoms with Gasteiger partial charge >= 0.3 is 0 Å². The number of aliphatic imine (C=N–C) groups is 1. The molecule has 1 saturated heterocycles. The molecule has 1 fully saturated rings. The van der Waals surface area contributed by atoms with Crippen LogP contribution >= 0.6 is 34.4 Å². The van der Waals surface area contributed by atoms with Crippen LogP contribution < -0.4 is 10.4 Å². The molecule has 9 heteroatoms. The van der Waals surface area contributed by atoms with Gasteiger partial charge in [0, 0.05) is 22.7 Å². The summed E-state index contributed by atoms with van der Waals surface area (Å²) < 4.78 is 1.07. The van der Waals surface area contributed by atoms with E-state index < -0.39 is 11.2 Å². The predicted octanol–water partition coefficient (Wildman–Crippen LogP) is 2.24. The van der Waals surface area contributed by atoms with Gasteiger partial charge in [0.2, 0.25) is 11.8 Å². The predicted molar refractivity (Wildman–Crippen MR) is 114 cm³/mol. The maximum atomic E-state index is 12.6. The Hall–Kier alpha value is -2.40. The minimum Gasteiger partial charge on any atom is -0.545 e. The number of hydrogen-bond donors (Lipinski definition) is 1.